The fourth-order valence-corrected chi connectivity index (χ4v) is 2.81. The van der Waals surface area contributed by atoms with Crippen LogP contribution in [0.5, 0.6) is 5.75 Å². The maximum absolute atomic E-state index is 12.6. The van der Waals surface area contributed by atoms with Crippen molar-refractivity contribution in [3.63, 3.8) is 0 Å². The summed E-state index contributed by atoms with van der Waals surface area (Å²) < 4.78 is 4.75. The molecule has 2 amide bonds. The first-order chi connectivity index (χ1) is 13.1. The molecule has 2 unspecified atom stereocenters. The summed E-state index contributed by atoms with van der Waals surface area (Å²) in [4.78, 5) is 35.4. The van der Waals surface area contributed by atoms with Gasteiger partial charge in [0.25, 0.3) is 5.91 Å². The Labute approximate surface area is 191 Å². The first-order valence-electron chi connectivity index (χ1n) is 9.04. The van der Waals surface area contributed by atoms with Crippen LogP contribution in [-0.4, -0.2) is 52.3 Å². The molecule has 1 aliphatic heterocycles. The van der Waals surface area contributed by atoms with E-state index < -0.39 is 48.2 Å². The molecule has 0 radical (unpaired) electrons. The number of epoxide rings is 1. The van der Waals surface area contributed by atoms with Crippen LogP contribution in [0.3, 0.4) is 0 Å². The van der Waals surface area contributed by atoms with Crippen molar-refractivity contribution in [1.82, 2.24) is 10.6 Å². The van der Waals surface area contributed by atoms with E-state index in [0.29, 0.717) is 12.0 Å². The summed E-state index contributed by atoms with van der Waals surface area (Å²) in [5, 5.41) is 35.6. The normalized spacial score (nSPS) is 20.7. The second kappa shape index (κ2) is 10.9. The molecule has 0 bridgehead atoms. The van der Waals surface area contributed by atoms with Crippen LogP contribution in [0.1, 0.15) is 38.9 Å². The quantitative estimate of drug-likeness (QED) is 0.236. The molecule has 1 heterocycles. The molecule has 5 atom stereocenters. The number of hydrogen-bond donors (Lipinski definition) is 4. The minimum atomic E-state index is -1.48. The van der Waals surface area contributed by atoms with Gasteiger partial charge >= 0.3 is 29.6 Å². The first-order valence-corrected chi connectivity index (χ1v) is 9.04. The van der Waals surface area contributed by atoms with Gasteiger partial charge in [0.1, 0.15) is 17.9 Å². The summed E-state index contributed by atoms with van der Waals surface area (Å²) in [6.07, 6.45) is -3.15. The number of carbonyl (C=O) groups is 3. The van der Waals surface area contributed by atoms with E-state index in [4.69, 9.17) is 4.74 Å². The van der Waals surface area contributed by atoms with Gasteiger partial charge < -0.3 is 35.5 Å². The fourth-order valence-electron chi connectivity index (χ4n) is 2.81. The minimum Gasteiger partial charge on any atom is -0.547 e. The molecule has 4 N–H and O–H groups in total. The average Bonchev–Trinajstić information content (AvgIpc) is 3.41. The third kappa shape index (κ3) is 7.27. The SMILES string of the molecule is CC(C)CC(NC(=O)[C@H]1O[C@@H]1C(=O)[O-])C(=O)NC(C)[C@@H](O)c1ccc(O)cc1.[Na+]. The Morgan fingerprint density at radius 3 is 2.17 bits per heavy atom. The van der Waals surface area contributed by atoms with Crippen LogP contribution < -0.4 is 45.3 Å². The van der Waals surface area contributed by atoms with E-state index in [1.165, 1.54) is 12.1 Å². The number of carboxylic acids is 1. The maximum atomic E-state index is 12.6. The van der Waals surface area contributed by atoms with Crippen LogP contribution in [0.15, 0.2) is 24.3 Å². The fraction of sp³-hybridized carbons (Fsp3) is 0.526. The van der Waals surface area contributed by atoms with Crippen molar-refractivity contribution in [1.29, 1.82) is 0 Å². The molecule has 1 aliphatic rings. The number of aromatic hydroxyl groups is 1. The van der Waals surface area contributed by atoms with Crippen LogP contribution in [-0.2, 0) is 19.1 Å². The Hall–Kier alpha value is -1.65. The van der Waals surface area contributed by atoms with Crippen LogP contribution in [0.4, 0.5) is 0 Å². The predicted octanol–water partition coefficient (Wildman–Crippen LogP) is -4.02. The smallest absolute Gasteiger partial charge is 0.547 e. The summed E-state index contributed by atoms with van der Waals surface area (Å²) in [6.45, 7) is 5.36. The summed E-state index contributed by atoms with van der Waals surface area (Å²) in [5.74, 6) is -2.54. The van der Waals surface area contributed by atoms with Crippen molar-refractivity contribution in [3.8, 4) is 5.75 Å². The van der Waals surface area contributed by atoms with Crippen molar-refractivity contribution < 1.29 is 64.0 Å². The zero-order chi connectivity index (χ0) is 21.0. The van der Waals surface area contributed by atoms with E-state index in [9.17, 15) is 29.7 Å². The number of carboxylic acid groups (broad SMARTS) is 1. The molecule has 0 saturated carbocycles. The van der Waals surface area contributed by atoms with Crippen LogP contribution in [0.25, 0.3) is 0 Å². The number of aliphatic hydroxyl groups is 1. The number of aliphatic hydroxyl groups excluding tert-OH is 1. The third-order valence-electron chi connectivity index (χ3n) is 4.40. The van der Waals surface area contributed by atoms with Gasteiger partial charge in [-0.05, 0) is 37.0 Å². The van der Waals surface area contributed by atoms with Gasteiger partial charge in [-0.15, -0.1) is 0 Å². The first kappa shape index (κ1) is 25.4. The monoisotopic (exact) mass is 416 g/mol. The molecule has 154 valence electrons. The second-order valence-electron chi connectivity index (χ2n) is 7.32. The van der Waals surface area contributed by atoms with E-state index in [-0.39, 0.29) is 41.2 Å². The number of amides is 2. The number of ether oxygens (including phenoxy) is 1. The molecule has 1 aromatic rings. The predicted molar refractivity (Wildman–Crippen MR) is 95.7 cm³/mol. The largest absolute Gasteiger partial charge is 1.00 e. The third-order valence-corrected chi connectivity index (χ3v) is 4.40. The molecule has 0 aliphatic carbocycles. The number of carbonyl (C=O) groups excluding carboxylic acids is 3. The number of hydrogen-bond acceptors (Lipinski definition) is 7. The Morgan fingerprint density at radius 1 is 1.10 bits per heavy atom. The van der Waals surface area contributed by atoms with E-state index in [1.807, 2.05) is 13.8 Å². The van der Waals surface area contributed by atoms with Gasteiger partial charge in [0.2, 0.25) is 5.91 Å². The molecule has 2 rings (SSSR count). The van der Waals surface area contributed by atoms with Gasteiger partial charge in [-0.3, -0.25) is 9.59 Å². The Morgan fingerprint density at radius 2 is 1.69 bits per heavy atom. The van der Waals surface area contributed by atoms with E-state index in [0.717, 1.165) is 0 Å². The summed E-state index contributed by atoms with van der Waals surface area (Å²) in [7, 11) is 0. The maximum Gasteiger partial charge on any atom is 1.00 e. The molecule has 0 spiro atoms. The van der Waals surface area contributed by atoms with Crippen LogP contribution in [0, 0.1) is 5.92 Å². The molecular formula is C19H25N2NaO7. The second-order valence-corrected chi connectivity index (χ2v) is 7.32. The number of phenols is 1. The van der Waals surface area contributed by atoms with Gasteiger partial charge in [-0.2, -0.15) is 0 Å². The van der Waals surface area contributed by atoms with E-state index in [1.54, 1.807) is 19.1 Å². The van der Waals surface area contributed by atoms with Crippen molar-refractivity contribution in [3.05, 3.63) is 29.8 Å². The van der Waals surface area contributed by atoms with Crippen molar-refractivity contribution in [2.45, 2.75) is 57.6 Å². The number of benzene rings is 1. The topological polar surface area (TPSA) is 151 Å². The molecule has 10 heteroatoms. The van der Waals surface area contributed by atoms with Gasteiger partial charge in [0, 0.05) is 0 Å². The van der Waals surface area contributed by atoms with E-state index >= 15 is 0 Å². The Bertz CT molecular complexity index is 726. The molecule has 0 aromatic heterocycles. The molecule has 1 aromatic carbocycles. The van der Waals surface area contributed by atoms with Crippen LogP contribution in [0.2, 0.25) is 0 Å². The zero-order valence-corrected chi connectivity index (χ0v) is 18.9. The molecule has 1 fully saturated rings. The summed E-state index contributed by atoms with van der Waals surface area (Å²) in [5.41, 5.74) is 0.512. The van der Waals surface area contributed by atoms with Gasteiger partial charge in [-0.25, -0.2) is 0 Å². The van der Waals surface area contributed by atoms with Crippen molar-refractivity contribution in [2.24, 2.45) is 5.92 Å². The number of aliphatic carboxylic acids is 1. The van der Waals surface area contributed by atoms with Crippen molar-refractivity contribution in [2.75, 3.05) is 0 Å². The average molecular weight is 416 g/mol. The zero-order valence-electron chi connectivity index (χ0n) is 16.9. The standard InChI is InChI=1S/C19H26N2O7.Na/c1-9(2)8-13(21-18(25)15-16(28-15)19(26)27)17(24)20-10(3)14(23)11-4-6-12(22)7-5-11;/h4-7,9-10,13-16,22-23H,8H2,1-3H3,(H,20,24)(H,21,25)(H,26,27);/q;+1/p-1/t10?,13?,14-,15+,16+;/m1./s1. The molecular weight excluding hydrogens is 391 g/mol. The van der Waals surface area contributed by atoms with Crippen molar-refractivity contribution >= 4 is 17.8 Å². The van der Waals surface area contributed by atoms with Gasteiger partial charge in [0.05, 0.1) is 18.1 Å². The Balaban J connectivity index is 0.00000420. The van der Waals surface area contributed by atoms with Gasteiger partial charge in [0.15, 0.2) is 6.10 Å². The van der Waals surface area contributed by atoms with Crippen LogP contribution >= 0.6 is 0 Å². The minimum absolute atomic E-state index is 0. The Kier molecular flexibility index (Phi) is 9.57. The van der Waals surface area contributed by atoms with Gasteiger partial charge in [-0.1, -0.05) is 26.0 Å². The summed E-state index contributed by atoms with van der Waals surface area (Å²) in [6, 6.07) is 4.36. The summed E-state index contributed by atoms with van der Waals surface area (Å²) >= 11 is 0. The number of phenolic OH excluding ortho intramolecular Hbond substituents is 1. The van der Waals surface area contributed by atoms with E-state index in [2.05, 4.69) is 10.6 Å². The molecule has 9 nitrogen and oxygen atoms in total. The number of nitrogens with one attached hydrogen (secondary N) is 2. The molecule has 29 heavy (non-hydrogen) atoms. The number of rotatable bonds is 9. The molecule has 1 saturated heterocycles.